The Balaban J connectivity index is 0.000000372. The predicted octanol–water partition coefficient (Wildman–Crippen LogP) is 1.40. The Labute approximate surface area is 159 Å². The van der Waals surface area contributed by atoms with Gasteiger partial charge < -0.3 is 6.22 Å². The summed E-state index contributed by atoms with van der Waals surface area (Å²) in [6.45, 7) is 2.00. The van der Waals surface area contributed by atoms with Gasteiger partial charge in [-0.25, -0.2) is 0 Å². The molecule has 110 valence electrons. The number of para-hydroxylation sites is 2. The summed E-state index contributed by atoms with van der Waals surface area (Å²) in [6.07, 6.45) is 3.62. The first-order chi connectivity index (χ1) is 10.9. The maximum Gasteiger partial charge on any atom is 1.00 e. The van der Waals surface area contributed by atoms with E-state index in [4.69, 9.17) is 4.79 Å². The van der Waals surface area contributed by atoms with Crippen LogP contribution in [0.2, 0.25) is 0 Å². The van der Waals surface area contributed by atoms with Crippen LogP contribution in [0.3, 0.4) is 0 Å². The van der Waals surface area contributed by atoms with E-state index in [0.717, 1.165) is 11.0 Å². The second-order valence-corrected chi connectivity index (χ2v) is 4.39. The zero-order valence-corrected chi connectivity index (χ0v) is 15.1. The van der Waals surface area contributed by atoms with Gasteiger partial charge in [0.1, 0.15) is 6.79 Å². The third-order valence-electron chi connectivity index (χ3n) is 3.02. The van der Waals surface area contributed by atoms with Crippen LogP contribution in [-0.2, 0) is 4.79 Å². The number of hydrogen-bond acceptors (Lipinski definition) is 3. The Morgan fingerprint density at radius 3 is 1.35 bits per heavy atom. The number of pyridine rings is 2. The summed E-state index contributed by atoms with van der Waals surface area (Å²) in [5, 5.41) is 2.40. The van der Waals surface area contributed by atoms with Crippen LogP contribution in [0.1, 0.15) is 1.43 Å². The van der Waals surface area contributed by atoms with Crippen LogP contribution in [0.15, 0.2) is 85.2 Å². The molecule has 0 saturated carbocycles. The van der Waals surface area contributed by atoms with Crippen LogP contribution in [0.25, 0.3) is 21.8 Å². The molecule has 2 aromatic carbocycles. The van der Waals surface area contributed by atoms with E-state index < -0.39 is 0 Å². The predicted molar refractivity (Wildman–Crippen MR) is 91.7 cm³/mol. The fourth-order valence-corrected chi connectivity index (χ4v) is 2.03. The topological polar surface area (TPSA) is 42.9 Å². The molecule has 0 unspecified atom stereocenters. The second-order valence-electron chi connectivity index (χ2n) is 4.39. The maximum atomic E-state index is 8.00. The molecule has 0 saturated heterocycles. The van der Waals surface area contributed by atoms with E-state index in [1.165, 1.54) is 10.8 Å². The van der Waals surface area contributed by atoms with E-state index >= 15 is 0 Å². The fourth-order valence-electron chi connectivity index (χ4n) is 2.03. The Morgan fingerprint density at radius 1 is 0.609 bits per heavy atom. The molecule has 4 heteroatoms. The molecule has 2 heterocycles. The molecule has 0 aliphatic carbocycles. The molecule has 4 aromatic rings. The first-order valence-corrected chi connectivity index (χ1v) is 6.82. The van der Waals surface area contributed by atoms with Gasteiger partial charge in [0.25, 0.3) is 0 Å². The normalized spacial score (nSPS) is 8.87. The Morgan fingerprint density at radius 2 is 0.957 bits per heavy atom. The van der Waals surface area contributed by atoms with Crippen LogP contribution in [0.4, 0.5) is 0 Å². The number of fused-ring (bicyclic) bond motifs is 2. The summed E-state index contributed by atoms with van der Waals surface area (Å²) >= 11 is 0. The first-order valence-electron chi connectivity index (χ1n) is 6.82. The van der Waals surface area contributed by atoms with Crippen LogP contribution in [-0.4, -0.2) is 16.8 Å². The maximum absolute atomic E-state index is 8.00. The molecule has 23 heavy (non-hydrogen) atoms. The number of carbonyl (C=O) groups is 1. The van der Waals surface area contributed by atoms with Gasteiger partial charge in [0, 0.05) is 23.2 Å². The van der Waals surface area contributed by atoms with E-state index in [-0.39, 0.29) is 31.0 Å². The molecule has 3 nitrogen and oxygen atoms in total. The quantitative estimate of drug-likeness (QED) is 0.461. The standard InChI is InChI=1S/2C9H7N.CH2O.Na.H/c2*1-2-6-9-8(4-1)5-3-7-10-9;1-2;;/h2*1-7H;1H2;;/q;;;+1;-1. The Hall–Kier alpha value is -2.07. The molecule has 2 aromatic heterocycles. The average molecular weight is 312 g/mol. The van der Waals surface area contributed by atoms with Crippen molar-refractivity contribution in [3.05, 3.63) is 85.2 Å². The first kappa shape index (κ1) is 19.0. The molecule has 0 atom stereocenters. The summed E-state index contributed by atoms with van der Waals surface area (Å²) in [5.41, 5.74) is 2.12. The summed E-state index contributed by atoms with van der Waals surface area (Å²) in [5.74, 6) is 0. The van der Waals surface area contributed by atoms with Gasteiger partial charge in [0.2, 0.25) is 0 Å². The molecule has 0 spiro atoms. The van der Waals surface area contributed by atoms with Gasteiger partial charge in [-0.15, -0.1) is 0 Å². The van der Waals surface area contributed by atoms with Crippen LogP contribution >= 0.6 is 0 Å². The van der Waals surface area contributed by atoms with Crippen LogP contribution in [0, 0.1) is 0 Å². The molecule has 0 N–H and O–H groups in total. The number of aromatic nitrogens is 2. The van der Waals surface area contributed by atoms with E-state index in [1.807, 2.05) is 67.7 Å². The van der Waals surface area contributed by atoms with Crippen molar-refractivity contribution in [1.29, 1.82) is 0 Å². The van der Waals surface area contributed by atoms with Gasteiger partial charge in [-0.3, -0.25) is 9.97 Å². The molecule has 0 amide bonds. The Bertz CT molecular complexity index is 656. The number of rotatable bonds is 0. The Kier molecular flexibility index (Phi) is 8.76. The SMILES string of the molecule is C=O.[H-].[Na+].c1ccc2ncccc2c1.c1ccc2ncccc2c1. The third kappa shape index (κ3) is 5.57. The van der Waals surface area contributed by atoms with Crippen LogP contribution < -0.4 is 29.6 Å². The van der Waals surface area contributed by atoms with Crippen molar-refractivity contribution in [2.24, 2.45) is 0 Å². The van der Waals surface area contributed by atoms with Gasteiger partial charge in [0.05, 0.1) is 11.0 Å². The van der Waals surface area contributed by atoms with Crippen molar-refractivity contribution in [3.8, 4) is 0 Å². The van der Waals surface area contributed by atoms with Crippen molar-refractivity contribution >= 4 is 28.6 Å². The number of benzene rings is 2. The number of carbonyl (C=O) groups excluding carboxylic acids is 1. The summed E-state index contributed by atoms with van der Waals surface area (Å²) in [4.78, 5) is 16.4. The van der Waals surface area contributed by atoms with Crippen molar-refractivity contribution < 1.29 is 35.8 Å². The smallest absolute Gasteiger partial charge is 1.00 e. The van der Waals surface area contributed by atoms with Gasteiger partial charge in [0.15, 0.2) is 0 Å². The molecule has 0 fully saturated rings. The summed E-state index contributed by atoms with van der Waals surface area (Å²) in [7, 11) is 0. The van der Waals surface area contributed by atoms with Gasteiger partial charge in [-0.05, 0) is 24.3 Å². The molecule has 0 aliphatic rings. The average Bonchev–Trinajstić information content (AvgIpc) is 2.64. The zero-order chi connectivity index (χ0) is 15.6. The van der Waals surface area contributed by atoms with Crippen molar-refractivity contribution in [1.82, 2.24) is 9.97 Å². The van der Waals surface area contributed by atoms with E-state index in [9.17, 15) is 0 Å². The van der Waals surface area contributed by atoms with Crippen molar-refractivity contribution in [2.45, 2.75) is 0 Å². The molecular formula is C19H17N2NaO. The third-order valence-corrected chi connectivity index (χ3v) is 3.02. The minimum absolute atomic E-state index is 0. The monoisotopic (exact) mass is 312 g/mol. The van der Waals surface area contributed by atoms with E-state index in [0.29, 0.717) is 0 Å². The van der Waals surface area contributed by atoms with E-state index in [1.54, 1.807) is 0 Å². The van der Waals surface area contributed by atoms with Crippen LogP contribution in [0.5, 0.6) is 0 Å². The van der Waals surface area contributed by atoms with Gasteiger partial charge >= 0.3 is 29.6 Å². The van der Waals surface area contributed by atoms with Gasteiger partial charge in [-0.1, -0.05) is 48.5 Å². The molecular weight excluding hydrogens is 295 g/mol. The molecule has 0 bridgehead atoms. The molecule has 0 radical (unpaired) electrons. The molecule has 4 rings (SSSR count). The van der Waals surface area contributed by atoms with Crippen molar-refractivity contribution in [3.63, 3.8) is 0 Å². The zero-order valence-electron chi connectivity index (χ0n) is 14.1. The summed E-state index contributed by atoms with van der Waals surface area (Å²) in [6, 6.07) is 24.2. The fraction of sp³-hybridized carbons (Fsp3) is 0. The second kappa shape index (κ2) is 10.6. The van der Waals surface area contributed by atoms with Crippen molar-refractivity contribution in [2.75, 3.05) is 0 Å². The van der Waals surface area contributed by atoms with E-state index in [2.05, 4.69) is 34.2 Å². The molecule has 0 aliphatic heterocycles. The minimum atomic E-state index is 0. The number of nitrogens with zero attached hydrogens (tertiary/aromatic N) is 2. The minimum Gasteiger partial charge on any atom is -1.00 e. The largest absolute Gasteiger partial charge is 1.00 e. The van der Waals surface area contributed by atoms with Gasteiger partial charge in [-0.2, -0.15) is 0 Å². The summed E-state index contributed by atoms with van der Waals surface area (Å²) < 4.78 is 0. The number of hydrogen-bond donors (Lipinski definition) is 0.